The quantitative estimate of drug-likeness (QED) is 0.573. The number of ether oxygens (including phenoxy) is 1. The van der Waals surface area contributed by atoms with E-state index in [1.54, 1.807) is 6.07 Å². The summed E-state index contributed by atoms with van der Waals surface area (Å²) in [5, 5.41) is 3.01. The van der Waals surface area contributed by atoms with Crippen molar-refractivity contribution in [2.24, 2.45) is 5.73 Å². The second-order valence-electron chi connectivity index (χ2n) is 6.35. The van der Waals surface area contributed by atoms with Crippen LogP contribution in [-0.2, 0) is 27.2 Å². The zero-order chi connectivity index (χ0) is 20.3. The molecule has 3 N–H and O–H groups in total. The van der Waals surface area contributed by atoms with Crippen molar-refractivity contribution < 1.29 is 23.5 Å². The van der Waals surface area contributed by atoms with Gasteiger partial charge in [-0.3, -0.25) is 9.59 Å². The fourth-order valence-corrected chi connectivity index (χ4v) is 4.30. The van der Waals surface area contributed by atoms with E-state index in [-0.39, 0.29) is 5.56 Å². The molecular weight excluding hydrogens is 383 g/mol. The molecule has 28 heavy (non-hydrogen) atoms. The summed E-state index contributed by atoms with van der Waals surface area (Å²) in [5.41, 5.74) is 6.93. The number of amides is 2. The first-order chi connectivity index (χ1) is 13.4. The molecule has 0 bridgehead atoms. The van der Waals surface area contributed by atoms with Gasteiger partial charge in [0.15, 0.2) is 6.10 Å². The van der Waals surface area contributed by atoms with Crippen LogP contribution in [0.15, 0.2) is 30.3 Å². The Labute approximate surface area is 165 Å². The Morgan fingerprint density at radius 1 is 1.29 bits per heavy atom. The largest absolute Gasteiger partial charge is 0.449 e. The number of anilines is 1. The molecule has 1 aliphatic rings. The van der Waals surface area contributed by atoms with Crippen LogP contribution in [0.25, 0.3) is 6.08 Å². The molecule has 0 saturated heterocycles. The lowest BCUT2D eigenvalue weighted by Crippen LogP contribution is -2.30. The van der Waals surface area contributed by atoms with Gasteiger partial charge in [0, 0.05) is 16.5 Å². The number of thiophene rings is 1. The molecule has 1 aromatic carbocycles. The Kier molecular flexibility index (Phi) is 5.89. The SMILES string of the molecule is C[C@@H](OC(=O)/C=C/c1ccccc1F)C(=O)Nc1sc2c(c1C(N)=O)CCC2. The molecule has 8 heteroatoms. The van der Waals surface area contributed by atoms with E-state index in [1.807, 2.05) is 0 Å². The number of halogens is 1. The summed E-state index contributed by atoms with van der Waals surface area (Å²) in [6.45, 7) is 1.41. The highest BCUT2D eigenvalue weighted by molar-refractivity contribution is 7.17. The Hall–Kier alpha value is -3.00. The number of hydrogen-bond acceptors (Lipinski definition) is 5. The summed E-state index contributed by atoms with van der Waals surface area (Å²) in [6, 6.07) is 5.96. The molecule has 3 rings (SSSR count). The monoisotopic (exact) mass is 402 g/mol. The molecule has 0 saturated carbocycles. The molecule has 0 fully saturated rings. The van der Waals surface area contributed by atoms with Crippen LogP contribution in [0.3, 0.4) is 0 Å². The van der Waals surface area contributed by atoms with E-state index in [0.29, 0.717) is 10.6 Å². The van der Waals surface area contributed by atoms with Gasteiger partial charge >= 0.3 is 5.97 Å². The standard InChI is InChI=1S/C20H19FN2O4S/c1-11(27-16(24)10-9-12-5-2-3-7-14(12)21)19(26)23-20-17(18(22)25)13-6-4-8-15(13)28-20/h2-3,5,7,9-11H,4,6,8H2,1H3,(H2,22,25)(H,23,26)/b10-9+/t11-/m1/s1. The highest BCUT2D eigenvalue weighted by Gasteiger charge is 2.27. The van der Waals surface area contributed by atoms with Crippen molar-refractivity contribution in [1.29, 1.82) is 0 Å². The molecule has 1 heterocycles. The normalized spacial score (nSPS) is 13.9. The maximum atomic E-state index is 13.5. The van der Waals surface area contributed by atoms with Gasteiger partial charge < -0.3 is 15.8 Å². The predicted molar refractivity (Wildman–Crippen MR) is 104 cm³/mol. The second kappa shape index (κ2) is 8.35. The lowest BCUT2D eigenvalue weighted by Gasteiger charge is -2.12. The first-order valence-corrected chi connectivity index (χ1v) is 9.57. The van der Waals surface area contributed by atoms with E-state index < -0.39 is 29.7 Å². The zero-order valence-electron chi connectivity index (χ0n) is 15.2. The first kappa shape index (κ1) is 19.8. The number of nitrogens with two attached hydrogens (primary N) is 1. The van der Waals surface area contributed by atoms with Crippen molar-refractivity contribution in [2.45, 2.75) is 32.3 Å². The third kappa shape index (κ3) is 4.28. The molecule has 0 radical (unpaired) electrons. The van der Waals surface area contributed by atoms with Gasteiger partial charge in [0.25, 0.3) is 11.8 Å². The van der Waals surface area contributed by atoms with Gasteiger partial charge in [-0.2, -0.15) is 0 Å². The van der Waals surface area contributed by atoms with E-state index in [2.05, 4.69) is 5.32 Å². The Balaban J connectivity index is 1.63. The molecule has 146 valence electrons. The van der Waals surface area contributed by atoms with Crippen LogP contribution in [0.5, 0.6) is 0 Å². The minimum Gasteiger partial charge on any atom is -0.449 e. The second-order valence-corrected chi connectivity index (χ2v) is 7.45. The summed E-state index contributed by atoms with van der Waals surface area (Å²) in [6.07, 6.45) is 3.79. The van der Waals surface area contributed by atoms with Crippen molar-refractivity contribution in [3.05, 3.63) is 57.7 Å². The number of esters is 1. The molecular formula is C20H19FN2O4S. The lowest BCUT2D eigenvalue weighted by molar-refractivity contribution is -0.148. The summed E-state index contributed by atoms with van der Waals surface area (Å²) >= 11 is 1.32. The smallest absolute Gasteiger partial charge is 0.331 e. The van der Waals surface area contributed by atoms with Crippen LogP contribution in [0.4, 0.5) is 9.39 Å². The van der Waals surface area contributed by atoms with Gasteiger partial charge in [-0.1, -0.05) is 18.2 Å². The minimum absolute atomic E-state index is 0.232. The van der Waals surface area contributed by atoms with Gasteiger partial charge in [-0.25, -0.2) is 9.18 Å². The number of benzene rings is 1. The summed E-state index contributed by atoms with van der Waals surface area (Å²) in [4.78, 5) is 37.1. The van der Waals surface area contributed by atoms with Crippen molar-refractivity contribution in [3.8, 4) is 0 Å². The fourth-order valence-electron chi connectivity index (χ4n) is 3.00. The molecule has 1 aliphatic carbocycles. The highest BCUT2D eigenvalue weighted by atomic mass is 32.1. The first-order valence-electron chi connectivity index (χ1n) is 8.75. The molecule has 0 unspecified atom stereocenters. The third-order valence-electron chi connectivity index (χ3n) is 4.37. The van der Waals surface area contributed by atoms with Crippen molar-refractivity contribution in [3.63, 3.8) is 0 Å². The number of carbonyl (C=O) groups is 3. The van der Waals surface area contributed by atoms with Crippen molar-refractivity contribution >= 4 is 40.2 Å². The van der Waals surface area contributed by atoms with E-state index in [4.69, 9.17) is 10.5 Å². The third-order valence-corrected chi connectivity index (χ3v) is 5.58. The topological polar surface area (TPSA) is 98.5 Å². The van der Waals surface area contributed by atoms with Crippen LogP contribution in [-0.4, -0.2) is 23.9 Å². The van der Waals surface area contributed by atoms with Gasteiger partial charge in [0.2, 0.25) is 0 Å². The highest BCUT2D eigenvalue weighted by Crippen LogP contribution is 2.38. The number of hydrogen-bond donors (Lipinski definition) is 2. The van der Waals surface area contributed by atoms with Gasteiger partial charge in [0.1, 0.15) is 10.8 Å². The van der Waals surface area contributed by atoms with Crippen LogP contribution in [0, 0.1) is 5.82 Å². The molecule has 6 nitrogen and oxygen atoms in total. The van der Waals surface area contributed by atoms with Crippen LogP contribution >= 0.6 is 11.3 Å². The average Bonchev–Trinajstić information content (AvgIpc) is 3.21. The van der Waals surface area contributed by atoms with Crippen LogP contribution in [0.1, 0.15) is 39.7 Å². The van der Waals surface area contributed by atoms with E-state index >= 15 is 0 Å². The zero-order valence-corrected chi connectivity index (χ0v) is 16.0. The maximum absolute atomic E-state index is 13.5. The number of fused-ring (bicyclic) bond motifs is 1. The molecule has 0 aliphatic heterocycles. The van der Waals surface area contributed by atoms with Crippen molar-refractivity contribution in [2.75, 3.05) is 5.32 Å². The molecule has 1 atom stereocenters. The summed E-state index contributed by atoms with van der Waals surface area (Å²) in [5.74, 6) is -2.42. The van der Waals surface area contributed by atoms with E-state index in [0.717, 1.165) is 35.8 Å². The van der Waals surface area contributed by atoms with E-state index in [9.17, 15) is 18.8 Å². The predicted octanol–water partition coefficient (Wildman–Crippen LogP) is 3.06. The summed E-state index contributed by atoms with van der Waals surface area (Å²) in [7, 11) is 0. The lowest BCUT2D eigenvalue weighted by atomic mass is 10.1. The van der Waals surface area contributed by atoms with Crippen LogP contribution in [0.2, 0.25) is 0 Å². The number of aryl methyl sites for hydroxylation is 1. The van der Waals surface area contributed by atoms with E-state index in [1.165, 1.54) is 42.5 Å². The molecule has 0 spiro atoms. The van der Waals surface area contributed by atoms with Gasteiger partial charge in [0.05, 0.1) is 5.56 Å². The maximum Gasteiger partial charge on any atom is 0.331 e. The number of rotatable bonds is 6. The average molecular weight is 402 g/mol. The Morgan fingerprint density at radius 2 is 2.04 bits per heavy atom. The Morgan fingerprint density at radius 3 is 2.75 bits per heavy atom. The minimum atomic E-state index is -1.10. The van der Waals surface area contributed by atoms with Gasteiger partial charge in [-0.15, -0.1) is 11.3 Å². The van der Waals surface area contributed by atoms with Crippen molar-refractivity contribution in [1.82, 2.24) is 0 Å². The molecule has 1 aromatic heterocycles. The number of nitrogens with one attached hydrogen (secondary N) is 1. The molecule has 2 amide bonds. The number of carbonyl (C=O) groups excluding carboxylic acids is 3. The fraction of sp³-hybridized carbons (Fsp3) is 0.250. The van der Waals surface area contributed by atoms with Crippen LogP contribution < -0.4 is 11.1 Å². The number of primary amides is 1. The molecule has 2 aromatic rings. The van der Waals surface area contributed by atoms with Gasteiger partial charge in [-0.05, 0) is 43.9 Å². The Bertz CT molecular complexity index is 967. The summed E-state index contributed by atoms with van der Waals surface area (Å²) < 4.78 is 18.6.